The van der Waals surface area contributed by atoms with Gasteiger partial charge in [0.2, 0.25) is 0 Å². The molecule has 4 nitrogen and oxygen atoms in total. The van der Waals surface area contributed by atoms with E-state index in [1.165, 1.54) is 0 Å². The first-order valence-corrected chi connectivity index (χ1v) is 5.18. The van der Waals surface area contributed by atoms with E-state index < -0.39 is 5.54 Å². The van der Waals surface area contributed by atoms with Crippen LogP contribution in [-0.4, -0.2) is 28.9 Å². The molecule has 1 fully saturated rings. The van der Waals surface area contributed by atoms with Crippen LogP contribution in [0.1, 0.15) is 34.1 Å². The summed E-state index contributed by atoms with van der Waals surface area (Å²) in [7, 11) is 0. The lowest BCUT2D eigenvalue weighted by molar-refractivity contribution is 0.145. The molecule has 1 aliphatic heterocycles. The van der Waals surface area contributed by atoms with Crippen LogP contribution in [0.5, 0.6) is 0 Å². The topological polar surface area (TPSA) is 56.2 Å². The van der Waals surface area contributed by atoms with Gasteiger partial charge in [-0.05, 0) is 19.3 Å². The summed E-state index contributed by atoms with van der Waals surface area (Å²) in [5, 5.41) is 10.5. The Hall–Kier alpha value is -1.06. The van der Waals surface area contributed by atoms with Gasteiger partial charge in [-0.2, -0.15) is 0 Å². The molecule has 0 aliphatic carbocycles. The number of nitrogens with one attached hydrogen (secondary N) is 2. The summed E-state index contributed by atoms with van der Waals surface area (Å²) in [6, 6.07) is -0.131. The van der Waals surface area contributed by atoms with Gasteiger partial charge in [0.15, 0.2) is 0 Å². The van der Waals surface area contributed by atoms with E-state index in [0.29, 0.717) is 12.4 Å². The van der Waals surface area contributed by atoms with Gasteiger partial charge < -0.3 is 4.90 Å². The van der Waals surface area contributed by atoms with Crippen LogP contribution in [0.25, 0.3) is 0 Å². The van der Waals surface area contributed by atoms with Gasteiger partial charge in [0, 0.05) is 6.54 Å². The number of urea groups is 1. The van der Waals surface area contributed by atoms with Crippen LogP contribution < -0.4 is 5.32 Å². The van der Waals surface area contributed by atoms with Gasteiger partial charge >= 0.3 is 6.03 Å². The van der Waals surface area contributed by atoms with Crippen molar-refractivity contribution < 1.29 is 4.79 Å². The smallest absolute Gasteiger partial charge is 0.312 e. The minimum absolute atomic E-state index is 0.131. The third-order valence-electron chi connectivity index (χ3n) is 3.20. The lowest BCUT2D eigenvalue weighted by Crippen LogP contribution is -2.52. The molecular weight excluding hydrogens is 178 g/mol. The minimum Gasteiger partial charge on any atom is -0.312 e. The Morgan fingerprint density at radius 1 is 1.50 bits per heavy atom. The highest BCUT2D eigenvalue weighted by molar-refractivity contribution is 6.08. The number of amidine groups is 1. The van der Waals surface area contributed by atoms with Gasteiger partial charge in [-0.1, -0.05) is 20.8 Å². The zero-order valence-electron chi connectivity index (χ0n) is 9.35. The van der Waals surface area contributed by atoms with Gasteiger partial charge in [0.05, 0.1) is 0 Å². The summed E-state index contributed by atoms with van der Waals surface area (Å²) in [6.07, 6.45) is 0.788. The van der Waals surface area contributed by atoms with Crippen LogP contribution in [0.4, 0.5) is 4.79 Å². The molecule has 0 aromatic rings. The number of hydrogen-bond acceptors (Lipinski definition) is 2. The fourth-order valence-corrected chi connectivity index (χ4v) is 2.40. The van der Waals surface area contributed by atoms with Crippen molar-refractivity contribution in [1.29, 1.82) is 5.41 Å². The fraction of sp³-hybridized carbons (Fsp3) is 0.800. The van der Waals surface area contributed by atoms with Crippen LogP contribution in [0.15, 0.2) is 0 Å². The fourth-order valence-electron chi connectivity index (χ4n) is 2.40. The van der Waals surface area contributed by atoms with E-state index in [4.69, 9.17) is 5.41 Å². The van der Waals surface area contributed by atoms with Crippen LogP contribution in [0.2, 0.25) is 0 Å². The van der Waals surface area contributed by atoms with Crippen LogP contribution in [0, 0.1) is 11.3 Å². The third kappa shape index (κ3) is 1.21. The molecule has 0 spiro atoms. The second-order valence-corrected chi connectivity index (χ2v) is 3.98. The maximum absolute atomic E-state index is 11.6. The van der Waals surface area contributed by atoms with E-state index >= 15 is 0 Å². The molecule has 1 heterocycles. The summed E-state index contributed by atoms with van der Waals surface area (Å²) >= 11 is 0. The average molecular weight is 197 g/mol. The molecule has 4 heteroatoms. The predicted molar refractivity (Wildman–Crippen MR) is 56.5 cm³/mol. The maximum Gasteiger partial charge on any atom is 0.323 e. The Morgan fingerprint density at radius 3 is 2.36 bits per heavy atom. The van der Waals surface area contributed by atoms with E-state index in [1.54, 1.807) is 4.90 Å². The molecule has 0 radical (unpaired) electrons. The number of nitrogens with zero attached hydrogens (tertiary/aromatic N) is 1. The average Bonchev–Trinajstić information content (AvgIpc) is 2.36. The SMILES string of the molecule is CCN1C(=O)NC(=N)C1(CC)C(C)C. The summed E-state index contributed by atoms with van der Waals surface area (Å²) < 4.78 is 0. The van der Waals surface area contributed by atoms with Crippen molar-refractivity contribution in [3.63, 3.8) is 0 Å². The Bertz CT molecular complexity index is 262. The van der Waals surface area contributed by atoms with Gasteiger partial charge in [-0.25, -0.2) is 4.79 Å². The second kappa shape index (κ2) is 3.59. The molecule has 0 bridgehead atoms. The van der Waals surface area contributed by atoms with Crippen molar-refractivity contribution in [2.75, 3.05) is 6.54 Å². The zero-order chi connectivity index (χ0) is 10.9. The molecule has 1 aliphatic rings. The highest BCUT2D eigenvalue weighted by Crippen LogP contribution is 2.32. The van der Waals surface area contributed by atoms with Crippen molar-refractivity contribution in [2.45, 2.75) is 39.7 Å². The summed E-state index contributed by atoms with van der Waals surface area (Å²) in [6.45, 7) is 8.74. The Labute approximate surface area is 85.2 Å². The van der Waals surface area contributed by atoms with Crippen molar-refractivity contribution >= 4 is 11.9 Å². The molecular formula is C10H19N3O. The molecule has 0 aromatic carbocycles. The first kappa shape index (κ1) is 11.0. The molecule has 0 saturated carbocycles. The summed E-state index contributed by atoms with van der Waals surface area (Å²) in [5.74, 6) is 0.612. The largest absolute Gasteiger partial charge is 0.323 e. The second-order valence-electron chi connectivity index (χ2n) is 3.98. The highest BCUT2D eigenvalue weighted by atomic mass is 16.2. The highest BCUT2D eigenvalue weighted by Gasteiger charge is 2.50. The maximum atomic E-state index is 11.6. The predicted octanol–water partition coefficient (Wildman–Crippen LogP) is 1.81. The van der Waals surface area contributed by atoms with Crippen molar-refractivity contribution in [2.24, 2.45) is 5.92 Å². The van der Waals surface area contributed by atoms with Gasteiger partial charge in [-0.15, -0.1) is 0 Å². The summed E-state index contributed by atoms with van der Waals surface area (Å²) in [4.78, 5) is 13.3. The van der Waals surface area contributed by atoms with Gasteiger partial charge in [0.25, 0.3) is 0 Å². The molecule has 2 N–H and O–H groups in total. The quantitative estimate of drug-likeness (QED) is 0.712. The van der Waals surface area contributed by atoms with E-state index in [9.17, 15) is 4.79 Å². The Balaban J connectivity index is 3.13. The molecule has 0 aromatic heterocycles. The molecule has 1 atom stereocenters. The summed E-state index contributed by atoms with van der Waals surface area (Å²) in [5.41, 5.74) is -0.411. The number of amides is 2. The normalized spacial score (nSPS) is 27.4. The number of hydrogen-bond donors (Lipinski definition) is 2. The van der Waals surface area contributed by atoms with Crippen LogP contribution in [0.3, 0.4) is 0 Å². The molecule has 1 rings (SSSR count). The molecule has 1 saturated heterocycles. The van der Waals surface area contributed by atoms with Gasteiger partial charge in [-0.3, -0.25) is 10.7 Å². The van der Waals surface area contributed by atoms with E-state index in [-0.39, 0.29) is 11.9 Å². The number of carbonyl (C=O) groups excluding carboxylic acids is 1. The number of rotatable bonds is 3. The van der Waals surface area contributed by atoms with E-state index in [1.807, 2.05) is 13.8 Å². The molecule has 2 amide bonds. The van der Waals surface area contributed by atoms with Crippen LogP contribution in [-0.2, 0) is 0 Å². The van der Waals surface area contributed by atoms with E-state index in [2.05, 4.69) is 19.2 Å². The van der Waals surface area contributed by atoms with Crippen LogP contribution >= 0.6 is 0 Å². The standard InChI is InChI=1S/C10H19N3O/c1-5-10(7(3)4)8(11)12-9(14)13(10)6-2/h7H,5-6H2,1-4H3,(H2,11,12,14). The number of carbonyl (C=O) groups is 1. The molecule has 80 valence electrons. The lowest BCUT2D eigenvalue weighted by atomic mass is 9.82. The number of likely N-dealkylation sites (N-methyl/N-ethyl adjacent to an activating group) is 1. The Morgan fingerprint density at radius 2 is 2.07 bits per heavy atom. The zero-order valence-corrected chi connectivity index (χ0v) is 9.35. The Kier molecular flexibility index (Phi) is 2.83. The minimum atomic E-state index is -0.411. The van der Waals surface area contributed by atoms with Crippen molar-refractivity contribution in [1.82, 2.24) is 10.2 Å². The van der Waals surface area contributed by atoms with Crippen molar-refractivity contribution in [3.8, 4) is 0 Å². The van der Waals surface area contributed by atoms with E-state index in [0.717, 1.165) is 6.42 Å². The van der Waals surface area contributed by atoms with Gasteiger partial charge in [0.1, 0.15) is 11.4 Å². The monoisotopic (exact) mass is 197 g/mol. The lowest BCUT2D eigenvalue weighted by Gasteiger charge is -2.38. The third-order valence-corrected chi connectivity index (χ3v) is 3.20. The first-order chi connectivity index (χ1) is 6.50. The molecule has 14 heavy (non-hydrogen) atoms. The molecule has 1 unspecified atom stereocenters. The first-order valence-electron chi connectivity index (χ1n) is 5.18. The van der Waals surface area contributed by atoms with Crippen molar-refractivity contribution in [3.05, 3.63) is 0 Å².